The molecule has 0 aliphatic rings. The van der Waals surface area contributed by atoms with E-state index in [1.807, 2.05) is 0 Å². The van der Waals surface area contributed by atoms with Gasteiger partial charge in [-0.15, -0.1) is 0 Å². The van der Waals surface area contributed by atoms with Crippen molar-refractivity contribution in [2.24, 2.45) is 0 Å². The first kappa shape index (κ1) is 12.9. The number of hydrogen-bond donors (Lipinski definition) is 0. The lowest BCUT2D eigenvalue weighted by Gasteiger charge is -2.07. The lowest BCUT2D eigenvalue weighted by atomic mass is 10.1. The number of halogens is 4. The highest BCUT2D eigenvalue weighted by Crippen LogP contribution is 2.28. The molecular weight excluding hydrogens is 289 g/mol. The Morgan fingerprint density at radius 3 is 2.10 bits per heavy atom. The van der Waals surface area contributed by atoms with Gasteiger partial charge in [0.1, 0.15) is 28.1 Å². The molecule has 0 aliphatic carbocycles. The Hall–Kier alpha value is -2.14. The van der Waals surface area contributed by atoms with Gasteiger partial charge in [-0.1, -0.05) is 23.7 Å². The molecule has 0 bridgehead atoms. The van der Waals surface area contributed by atoms with Crippen LogP contribution in [0.4, 0.5) is 13.2 Å². The Bertz CT molecular complexity index is 801. The quantitative estimate of drug-likeness (QED) is 0.623. The summed E-state index contributed by atoms with van der Waals surface area (Å²) in [7, 11) is 0. The molecule has 0 unspecified atom stereocenters. The van der Waals surface area contributed by atoms with Crippen LogP contribution in [0.2, 0.25) is 5.15 Å². The maximum atomic E-state index is 13.7. The molecule has 1 aromatic heterocycles. The molecule has 0 atom stereocenters. The molecule has 20 heavy (non-hydrogen) atoms. The van der Waals surface area contributed by atoms with Crippen molar-refractivity contribution in [3.05, 3.63) is 59.0 Å². The van der Waals surface area contributed by atoms with Gasteiger partial charge in [-0.05, 0) is 24.3 Å². The third-order valence-corrected chi connectivity index (χ3v) is 3.11. The molecule has 3 aromatic rings. The van der Waals surface area contributed by atoms with E-state index in [1.54, 1.807) is 0 Å². The molecule has 0 amide bonds. The molecule has 100 valence electrons. The van der Waals surface area contributed by atoms with Crippen LogP contribution in [0.25, 0.3) is 22.3 Å². The van der Waals surface area contributed by atoms with Gasteiger partial charge in [0, 0.05) is 5.39 Å². The van der Waals surface area contributed by atoms with E-state index in [2.05, 4.69) is 9.97 Å². The van der Waals surface area contributed by atoms with Gasteiger partial charge in [0.05, 0.1) is 5.56 Å². The molecule has 6 heteroatoms. The van der Waals surface area contributed by atoms with Crippen LogP contribution in [0.5, 0.6) is 0 Å². The summed E-state index contributed by atoms with van der Waals surface area (Å²) in [4.78, 5) is 7.72. The van der Waals surface area contributed by atoms with Gasteiger partial charge >= 0.3 is 0 Å². The predicted octanol–water partition coefficient (Wildman–Crippen LogP) is 4.37. The fourth-order valence-electron chi connectivity index (χ4n) is 1.90. The van der Waals surface area contributed by atoms with E-state index < -0.39 is 23.0 Å². The highest BCUT2D eigenvalue weighted by molar-refractivity contribution is 6.34. The zero-order chi connectivity index (χ0) is 14.3. The summed E-state index contributed by atoms with van der Waals surface area (Å²) in [6.07, 6.45) is 0. The second-order valence-corrected chi connectivity index (χ2v) is 4.43. The number of rotatable bonds is 1. The molecule has 0 spiro atoms. The van der Waals surface area contributed by atoms with Gasteiger partial charge in [-0.25, -0.2) is 23.1 Å². The number of fused-ring (bicyclic) bond motifs is 1. The minimum atomic E-state index is -0.836. The minimum absolute atomic E-state index is 0.0628. The van der Waals surface area contributed by atoms with E-state index in [9.17, 15) is 13.2 Å². The lowest BCUT2D eigenvalue weighted by Crippen LogP contribution is -1.98. The SMILES string of the molecule is Fc1cccc(F)c1-c1nc(Cl)c2cccc(F)c2n1. The molecule has 0 radical (unpaired) electrons. The Balaban J connectivity index is 2.36. The zero-order valence-electron chi connectivity index (χ0n) is 9.87. The van der Waals surface area contributed by atoms with Crippen LogP contribution >= 0.6 is 11.6 Å². The van der Waals surface area contributed by atoms with Crippen molar-refractivity contribution in [2.75, 3.05) is 0 Å². The summed E-state index contributed by atoms with van der Waals surface area (Å²) >= 11 is 5.93. The molecule has 0 saturated heterocycles. The average molecular weight is 295 g/mol. The molecule has 1 heterocycles. The number of aromatic nitrogens is 2. The maximum Gasteiger partial charge on any atom is 0.167 e. The van der Waals surface area contributed by atoms with Crippen molar-refractivity contribution in [1.29, 1.82) is 0 Å². The van der Waals surface area contributed by atoms with Crippen LogP contribution < -0.4 is 0 Å². The van der Waals surface area contributed by atoms with Gasteiger partial charge in [0.15, 0.2) is 5.82 Å². The van der Waals surface area contributed by atoms with Crippen molar-refractivity contribution >= 4 is 22.5 Å². The summed E-state index contributed by atoms with van der Waals surface area (Å²) in [5, 5.41) is 0.222. The molecule has 2 aromatic carbocycles. The number of nitrogens with zero attached hydrogens (tertiary/aromatic N) is 2. The van der Waals surface area contributed by atoms with E-state index in [-0.39, 0.29) is 21.9 Å². The van der Waals surface area contributed by atoms with Gasteiger partial charge in [0.25, 0.3) is 0 Å². The molecular formula is C14H6ClF3N2. The Morgan fingerprint density at radius 2 is 1.40 bits per heavy atom. The molecule has 0 N–H and O–H groups in total. The summed E-state index contributed by atoms with van der Waals surface area (Å²) in [5.74, 6) is -2.60. The van der Waals surface area contributed by atoms with Crippen LogP contribution in [0, 0.1) is 17.5 Å². The van der Waals surface area contributed by atoms with Gasteiger partial charge in [-0.2, -0.15) is 0 Å². The smallest absolute Gasteiger partial charge is 0.167 e. The van der Waals surface area contributed by atoms with Gasteiger partial charge < -0.3 is 0 Å². The second-order valence-electron chi connectivity index (χ2n) is 4.07. The molecule has 0 aliphatic heterocycles. The summed E-state index contributed by atoms with van der Waals surface area (Å²) < 4.78 is 41.1. The predicted molar refractivity (Wildman–Crippen MR) is 69.9 cm³/mol. The average Bonchev–Trinajstić information content (AvgIpc) is 2.40. The Labute approximate surface area is 116 Å². The summed E-state index contributed by atoms with van der Waals surface area (Å²) in [6, 6.07) is 7.53. The monoisotopic (exact) mass is 294 g/mol. The van der Waals surface area contributed by atoms with Crippen LogP contribution in [0.3, 0.4) is 0 Å². The van der Waals surface area contributed by atoms with Crippen LogP contribution in [-0.2, 0) is 0 Å². The van der Waals surface area contributed by atoms with E-state index in [4.69, 9.17) is 11.6 Å². The molecule has 0 fully saturated rings. The highest BCUT2D eigenvalue weighted by atomic mass is 35.5. The van der Waals surface area contributed by atoms with Crippen molar-refractivity contribution in [3.8, 4) is 11.4 Å². The van der Waals surface area contributed by atoms with E-state index in [1.165, 1.54) is 24.3 Å². The zero-order valence-corrected chi connectivity index (χ0v) is 10.6. The van der Waals surface area contributed by atoms with Crippen molar-refractivity contribution in [1.82, 2.24) is 9.97 Å². The molecule has 2 nitrogen and oxygen atoms in total. The van der Waals surface area contributed by atoms with E-state index in [0.717, 1.165) is 12.1 Å². The first-order valence-corrected chi connectivity index (χ1v) is 6.02. The highest BCUT2D eigenvalue weighted by Gasteiger charge is 2.17. The Kier molecular flexibility index (Phi) is 3.06. The maximum absolute atomic E-state index is 13.7. The van der Waals surface area contributed by atoms with Crippen LogP contribution in [0.15, 0.2) is 36.4 Å². The Morgan fingerprint density at radius 1 is 0.800 bits per heavy atom. The lowest BCUT2D eigenvalue weighted by molar-refractivity contribution is 0.587. The topological polar surface area (TPSA) is 25.8 Å². The van der Waals surface area contributed by atoms with Gasteiger partial charge in [0.2, 0.25) is 0 Å². The van der Waals surface area contributed by atoms with Crippen LogP contribution in [0.1, 0.15) is 0 Å². The van der Waals surface area contributed by atoms with Gasteiger partial charge in [-0.3, -0.25) is 0 Å². The molecule has 3 rings (SSSR count). The number of para-hydroxylation sites is 1. The summed E-state index contributed by atoms with van der Waals surface area (Å²) in [5.41, 5.74) is -0.510. The normalized spacial score (nSPS) is 11.0. The minimum Gasteiger partial charge on any atom is -0.225 e. The molecule has 0 saturated carbocycles. The van der Waals surface area contributed by atoms with Crippen molar-refractivity contribution in [2.45, 2.75) is 0 Å². The number of benzene rings is 2. The largest absolute Gasteiger partial charge is 0.225 e. The second kappa shape index (κ2) is 4.76. The fourth-order valence-corrected chi connectivity index (χ4v) is 2.14. The van der Waals surface area contributed by atoms with E-state index in [0.29, 0.717) is 0 Å². The van der Waals surface area contributed by atoms with E-state index >= 15 is 0 Å². The first-order valence-electron chi connectivity index (χ1n) is 5.64. The van der Waals surface area contributed by atoms with Crippen molar-refractivity contribution in [3.63, 3.8) is 0 Å². The summed E-state index contributed by atoms with van der Waals surface area (Å²) in [6.45, 7) is 0. The number of hydrogen-bond acceptors (Lipinski definition) is 2. The fraction of sp³-hybridized carbons (Fsp3) is 0. The first-order chi connectivity index (χ1) is 9.58. The standard InChI is InChI=1S/C14H6ClF3N2/c15-13-7-3-1-6-10(18)12(7)19-14(20-13)11-8(16)4-2-5-9(11)17/h1-6H. The third kappa shape index (κ3) is 2.00. The third-order valence-electron chi connectivity index (χ3n) is 2.82. The van der Waals surface area contributed by atoms with Crippen LogP contribution in [-0.4, -0.2) is 9.97 Å². The van der Waals surface area contributed by atoms with Crippen molar-refractivity contribution < 1.29 is 13.2 Å².